The van der Waals surface area contributed by atoms with Gasteiger partial charge in [-0.3, -0.25) is 9.59 Å². The second kappa shape index (κ2) is 4.51. The molecule has 0 aromatic carbocycles. The molecule has 1 N–H and O–H groups in total. The average molecular weight is 228 g/mol. The summed E-state index contributed by atoms with van der Waals surface area (Å²) < 4.78 is 10.5. The van der Waals surface area contributed by atoms with E-state index in [4.69, 9.17) is 9.47 Å². The van der Waals surface area contributed by atoms with Crippen LogP contribution >= 0.6 is 0 Å². The zero-order valence-electron chi connectivity index (χ0n) is 9.11. The Morgan fingerprint density at radius 3 is 2.75 bits per heavy atom. The summed E-state index contributed by atoms with van der Waals surface area (Å²) in [6, 6.07) is 0. The summed E-state index contributed by atoms with van der Waals surface area (Å²) in [5.41, 5.74) is -1.36. The number of aliphatic carboxylic acids is 1. The third-order valence-corrected chi connectivity index (χ3v) is 3.54. The van der Waals surface area contributed by atoms with Gasteiger partial charge in [-0.1, -0.05) is 0 Å². The van der Waals surface area contributed by atoms with Crippen LogP contribution in [0.15, 0.2) is 0 Å². The predicted octanol–water partition coefficient (Wildman–Crippen LogP) is 0.473. The van der Waals surface area contributed by atoms with Gasteiger partial charge in [0.25, 0.3) is 0 Å². The van der Waals surface area contributed by atoms with Crippen molar-refractivity contribution in [1.29, 1.82) is 0 Å². The largest absolute Gasteiger partial charge is 0.480 e. The minimum Gasteiger partial charge on any atom is -0.480 e. The molecule has 0 bridgehead atoms. The lowest BCUT2D eigenvalue weighted by atomic mass is 9.69. The second-order valence-corrected chi connectivity index (χ2v) is 4.42. The summed E-state index contributed by atoms with van der Waals surface area (Å²) in [7, 11) is 0. The summed E-state index contributed by atoms with van der Waals surface area (Å²) >= 11 is 0. The number of carbonyl (C=O) groups is 2. The molecule has 5 nitrogen and oxygen atoms in total. The average Bonchev–Trinajstić information content (AvgIpc) is 2.30. The molecule has 2 atom stereocenters. The molecule has 0 aromatic rings. The number of carboxylic acid groups (broad SMARTS) is 1. The molecule has 0 aromatic heterocycles. The Morgan fingerprint density at radius 1 is 1.38 bits per heavy atom. The third kappa shape index (κ3) is 1.74. The maximum Gasteiger partial charge on any atom is 0.319 e. The van der Waals surface area contributed by atoms with Gasteiger partial charge in [0.15, 0.2) is 11.2 Å². The van der Waals surface area contributed by atoms with E-state index in [1.54, 1.807) is 0 Å². The highest BCUT2D eigenvalue weighted by molar-refractivity contribution is 6.04. The van der Waals surface area contributed by atoms with E-state index in [-0.39, 0.29) is 24.7 Å². The van der Waals surface area contributed by atoms with Crippen molar-refractivity contribution < 1.29 is 24.2 Å². The molecule has 2 aliphatic rings. The van der Waals surface area contributed by atoms with Crippen LogP contribution in [0.1, 0.15) is 19.3 Å². The summed E-state index contributed by atoms with van der Waals surface area (Å²) in [5.74, 6) is -1.51. The summed E-state index contributed by atoms with van der Waals surface area (Å²) in [6.45, 7) is 1.33. The number of hydrogen-bond acceptors (Lipinski definition) is 4. The van der Waals surface area contributed by atoms with Gasteiger partial charge in [0.1, 0.15) is 0 Å². The molecule has 2 rings (SSSR count). The van der Waals surface area contributed by atoms with Gasteiger partial charge in [0.2, 0.25) is 0 Å². The molecule has 2 heterocycles. The topological polar surface area (TPSA) is 72.8 Å². The Hall–Kier alpha value is -0.940. The van der Waals surface area contributed by atoms with Crippen LogP contribution in [0, 0.1) is 11.3 Å². The first-order chi connectivity index (χ1) is 7.68. The SMILES string of the molecule is O=C(O)C1(C2CCCOC2)COCCC1=O. The molecular formula is C11H16O5. The molecule has 90 valence electrons. The standard InChI is InChI=1S/C11H16O5/c12-9-3-5-16-7-11(9,10(13)14)8-2-1-4-15-6-8/h8H,1-7H2,(H,13,14). The molecule has 2 saturated heterocycles. The number of Topliss-reactive ketones (excluding diaryl/α,β-unsaturated/α-hetero) is 1. The Morgan fingerprint density at radius 2 is 2.19 bits per heavy atom. The molecule has 2 fully saturated rings. The van der Waals surface area contributed by atoms with Crippen LogP contribution in [-0.2, 0) is 19.1 Å². The minimum absolute atomic E-state index is 0.00477. The van der Waals surface area contributed by atoms with Crippen LogP contribution in [0.25, 0.3) is 0 Å². The first kappa shape index (κ1) is 11.5. The van der Waals surface area contributed by atoms with E-state index in [2.05, 4.69) is 0 Å². The van der Waals surface area contributed by atoms with Crippen molar-refractivity contribution in [2.24, 2.45) is 11.3 Å². The molecule has 5 heteroatoms. The van der Waals surface area contributed by atoms with Crippen LogP contribution in [-0.4, -0.2) is 43.3 Å². The maximum absolute atomic E-state index is 11.9. The number of rotatable bonds is 2. The zero-order chi connectivity index (χ0) is 11.6. The molecule has 0 saturated carbocycles. The highest BCUT2D eigenvalue weighted by Gasteiger charge is 2.53. The summed E-state index contributed by atoms with van der Waals surface area (Å²) in [5, 5.41) is 9.36. The van der Waals surface area contributed by atoms with Gasteiger partial charge < -0.3 is 14.6 Å². The van der Waals surface area contributed by atoms with Crippen LogP contribution in [0.2, 0.25) is 0 Å². The van der Waals surface area contributed by atoms with Gasteiger partial charge in [-0.25, -0.2) is 0 Å². The fourth-order valence-electron chi connectivity index (χ4n) is 2.53. The predicted molar refractivity (Wildman–Crippen MR) is 54.1 cm³/mol. The van der Waals surface area contributed by atoms with E-state index in [1.807, 2.05) is 0 Å². The number of carboxylic acids is 1. The van der Waals surface area contributed by atoms with Crippen LogP contribution in [0.3, 0.4) is 0 Å². The van der Waals surface area contributed by atoms with Crippen molar-refractivity contribution in [3.8, 4) is 0 Å². The lowest BCUT2D eigenvalue weighted by molar-refractivity contribution is -0.175. The molecule has 0 radical (unpaired) electrons. The van der Waals surface area contributed by atoms with Crippen molar-refractivity contribution in [3.63, 3.8) is 0 Å². The first-order valence-corrected chi connectivity index (χ1v) is 5.60. The Labute approximate surface area is 93.7 Å². The van der Waals surface area contributed by atoms with Gasteiger partial charge in [-0.2, -0.15) is 0 Å². The third-order valence-electron chi connectivity index (χ3n) is 3.54. The van der Waals surface area contributed by atoms with E-state index < -0.39 is 11.4 Å². The van der Waals surface area contributed by atoms with Crippen molar-refractivity contribution in [2.45, 2.75) is 19.3 Å². The normalized spacial score (nSPS) is 36.0. The monoisotopic (exact) mass is 228 g/mol. The number of ether oxygens (including phenoxy) is 2. The van der Waals surface area contributed by atoms with Crippen molar-refractivity contribution in [2.75, 3.05) is 26.4 Å². The van der Waals surface area contributed by atoms with Gasteiger partial charge >= 0.3 is 5.97 Å². The smallest absolute Gasteiger partial charge is 0.319 e. The van der Waals surface area contributed by atoms with Crippen LogP contribution in [0.4, 0.5) is 0 Å². The molecule has 2 unspecified atom stereocenters. The van der Waals surface area contributed by atoms with Crippen molar-refractivity contribution in [1.82, 2.24) is 0 Å². The summed E-state index contributed by atoms with van der Waals surface area (Å²) in [4.78, 5) is 23.4. The number of ketones is 1. The van der Waals surface area contributed by atoms with Crippen LogP contribution < -0.4 is 0 Å². The molecular weight excluding hydrogens is 212 g/mol. The first-order valence-electron chi connectivity index (χ1n) is 5.60. The molecule has 16 heavy (non-hydrogen) atoms. The fraction of sp³-hybridized carbons (Fsp3) is 0.818. The number of hydrogen-bond donors (Lipinski definition) is 1. The highest BCUT2D eigenvalue weighted by atomic mass is 16.5. The lowest BCUT2D eigenvalue weighted by Gasteiger charge is -2.39. The van der Waals surface area contributed by atoms with E-state index in [9.17, 15) is 14.7 Å². The maximum atomic E-state index is 11.9. The molecule has 0 spiro atoms. The second-order valence-electron chi connectivity index (χ2n) is 4.42. The fourth-order valence-corrected chi connectivity index (χ4v) is 2.53. The van der Waals surface area contributed by atoms with Crippen molar-refractivity contribution in [3.05, 3.63) is 0 Å². The van der Waals surface area contributed by atoms with Crippen LogP contribution in [0.5, 0.6) is 0 Å². The Kier molecular flexibility index (Phi) is 3.25. The molecule has 2 aliphatic heterocycles. The minimum atomic E-state index is -1.36. The van der Waals surface area contributed by atoms with Gasteiger partial charge in [0, 0.05) is 18.9 Å². The van der Waals surface area contributed by atoms with Crippen molar-refractivity contribution >= 4 is 11.8 Å². The van der Waals surface area contributed by atoms with E-state index >= 15 is 0 Å². The number of carbonyl (C=O) groups excluding carboxylic acids is 1. The molecule has 0 amide bonds. The Bertz CT molecular complexity index is 295. The van der Waals surface area contributed by atoms with Gasteiger partial charge in [0.05, 0.1) is 19.8 Å². The van der Waals surface area contributed by atoms with E-state index in [0.29, 0.717) is 19.8 Å². The zero-order valence-corrected chi connectivity index (χ0v) is 9.11. The lowest BCUT2D eigenvalue weighted by Crippen LogP contribution is -2.54. The summed E-state index contributed by atoms with van der Waals surface area (Å²) in [6.07, 6.45) is 1.73. The van der Waals surface area contributed by atoms with E-state index in [1.165, 1.54) is 0 Å². The Balaban J connectivity index is 2.25. The quantitative estimate of drug-likeness (QED) is 0.696. The highest BCUT2D eigenvalue weighted by Crippen LogP contribution is 2.38. The van der Waals surface area contributed by atoms with Gasteiger partial charge in [-0.15, -0.1) is 0 Å². The molecule has 0 aliphatic carbocycles. The van der Waals surface area contributed by atoms with Gasteiger partial charge in [-0.05, 0) is 12.8 Å². The van der Waals surface area contributed by atoms with E-state index in [0.717, 1.165) is 12.8 Å².